The smallest absolute Gasteiger partial charge is 0.303 e. The number of nitrogens with zero attached hydrogens (tertiary/aromatic N) is 2. The van der Waals surface area contributed by atoms with Gasteiger partial charge in [-0.1, -0.05) is 131 Å². The molecule has 4 aromatic rings. The molecule has 0 amide bonds. The summed E-state index contributed by atoms with van der Waals surface area (Å²) in [5.41, 5.74) is 5.02. The molecule has 0 spiro atoms. The predicted molar refractivity (Wildman–Crippen MR) is 162 cm³/mol. The lowest BCUT2D eigenvalue weighted by atomic mass is 9.96. The van der Waals surface area contributed by atoms with Crippen LogP contribution in [0.5, 0.6) is 0 Å². The first-order valence-corrected chi connectivity index (χ1v) is 15.6. The molecule has 3 N–H and O–H groups in total. The summed E-state index contributed by atoms with van der Waals surface area (Å²) in [5, 5.41) is 0. The van der Waals surface area contributed by atoms with Crippen LogP contribution in [0.15, 0.2) is 95.8 Å². The summed E-state index contributed by atoms with van der Waals surface area (Å²) < 4.78 is 12.8. The van der Waals surface area contributed by atoms with Crippen molar-refractivity contribution in [2.75, 3.05) is 0 Å². The Morgan fingerprint density at radius 2 is 1.12 bits per heavy atom. The van der Waals surface area contributed by atoms with Gasteiger partial charge in [-0.15, -0.1) is 0 Å². The summed E-state index contributed by atoms with van der Waals surface area (Å²) >= 11 is 0. The van der Waals surface area contributed by atoms with E-state index < -0.39 is 7.82 Å². The number of unbranched alkanes of at least 4 members (excludes halogenated alkanes) is 3. The highest BCUT2D eigenvalue weighted by atomic mass is 31.2. The molecule has 0 radical (unpaired) electrons. The number of hydrogen-bond acceptors (Lipinski definition) is 2. The molecule has 0 aliphatic carbocycles. The van der Waals surface area contributed by atoms with Crippen molar-refractivity contribution in [1.82, 2.24) is 9.13 Å². The van der Waals surface area contributed by atoms with Crippen LogP contribution in [-0.4, -0.2) is 23.8 Å². The molecule has 0 saturated heterocycles. The van der Waals surface area contributed by atoms with Gasteiger partial charge in [0.05, 0.1) is 17.1 Å². The van der Waals surface area contributed by atoms with Crippen LogP contribution in [0.3, 0.4) is 0 Å². The Morgan fingerprint density at radius 3 is 1.62 bits per heavy atom. The van der Waals surface area contributed by atoms with E-state index in [0.717, 1.165) is 53.5 Å². The van der Waals surface area contributed by atoms with E-state index in [1.54, 1.807) is 0 Å². The van der Waals surface area contributed by atoms with Gasteiger partial charge in [0.15, 0.2) is 0 Å². The molecular formula is C32H41N2O5P. The Morgan fingerprint density at radius 1 is 0.675 bits per heavy atom. The molecule has 1 heterocycles. The normalized spacial score (nSPS) is 11.3. The minimum atomic E-state index is -4.64. The van der Waals surface area contributed by atoms with Gasteiger partial charge >= 0.3 is 13.5 Å². The van der Waals surface area contributed by atoms with E-state index in [4.69, 9.17) is 19.2 Å². The van der Waals surface area contributed by atoms with E-state index in [9.17, 15) is 4.79 Å². The number of para-hydroxylation sites is 1. The van der Waals surface area contributed by atoms with E-state index in [1.165, 1.54) is 32.1 Å². The fourth-order valence-electron chi connectivity index (χ4n) is 5.07. The minimum Gasteiger partial charge on any atom is -0.303 e. The zero-order valence-corrected chi connectivity index (χ0v) is 24.3. The average molecular weight is 565 g/mol. The summed E-state index contributed by atoms with van der Waals surface area (Å²) in [7, 11) is -4.64. The monoisotopic (exact) mass is 564 g/mol. The number of aromatic nitrogens is 2. The van der Waals surface area contributed by atoms with Crippen LogP contribution in [0, 0.1) is 5.92 Å². The van der Waals surface area contributed by atoms with Gasteiger partial charge < -0.3 is 14.7 Å². The van der Waals surface area contributed by atoms with Crippen molar-refractivity contribution in [2.45, 2.75) is 65.3 Å². The summed E-state index contributed by atoms with van der Waals surface area (Å²) in [4.78, 5) is 35.5. The largest absolute Gasteiger partial charge is 0.466 e. The van der Waals surface area contributed by atoms with E-state index in [1.807, 2.05) is 63.7 Å². The van der Waals surface area contributed by atoms with Gasteiger partial charge in [-0.3, -0.25) is 9.13 Å². The maximum atomic E-state index is 14.0. The fourth-order valence-corrected chi connectivity index (χ4v) is 5.07. The Labute approximate surface area is 237 Å². The number of hydrogen-bond donors (Lipinski definition) is 3. The average Bonchev–Trinajstić information content (AvgIpc) is 3.25. The molecule has 0 fully saturated rings. The summed E-state index contributed by atoms with van der Waals surface area (Å²) in [6.07, 6.45) is 8.56. The molecule has 0 unspecified atom stereocenters. The van der Waals surface area contributed by atoms with E-state index in [0.29, 0.717) is 0 Å². The Balaban J connectivity index is 0.000000810. The SMILES string of the molecule is CCC(CC)CCCCCCn1c(-c2ccccc2)c(-c2ccccc2)n(-c2ccccc2)c1=O.O=P(O)(O)O. The third-order valence-electron chi connectivity index (χ3n) is 7.15. The zero-order valence-electron chi connectivity index (χ0n) is 23.4. The lowest BCUT2D eigenvalue weighted by Crippen LogP contribution is -2.24. The first-order chi connectivity index (χ1) is 19.2. The standard InChI is InChI=1S/C32H38N2O.H3O4P/c1-3-26(4-2)18-10-5-6-17-25-33-30(27-19-11-7-12-20-27)31(28-21-13-8-14-22-28)34(32(33)35)29-23-15-9-16-24-29;1-5(2,3)4/h7-9,11-16,19-24,26H,3-6,10,17-18,25H2,1-2H3;(H3,1,2,3,4). The minimum absolute atomic E-state index is 0.0333. The number of phosphoric acid groups is 1. The van der Waals surface area contributed by atoms with Gasteiger partial charge in [-0.05, 0) is 24.5 Å². The number of imidazole rings is 1. The topological polar surface area (TPSA) is 105 Å². The third-order valence-corrected chi connectivity index (χ3v) is 7.15. The molecule has 1 aromatic heterocycles. The summed E-state index contributed by atoms with van der Waals surface area (Å²) in [6.45, 7) is 5.33. The highest BCUT2D eigenvalue weighted by molar-refractivity contribution is 7.45. The van der Waals surface area contributed by atoms with Crippen molar-refractivity contribution in [1.29, 1.82) is 0 Å². The van der Waals surface area contributed by atoms with Gasteiger partial charge in [-0.2, -0.15) is 0 Å². The highest BCUT2D eigenvalue weighted by Crippen LogP contribution is 2.34. The van der Waals surface area contributed by atoms with Crippen LogP contribution in [0.4, 0.5) is 0 Å². The number of benzene rings is 3. The van der Waals surface area contributed by atoms with Crippen molar-refractivity contribution < 1.29 is 19.2 Å². The van der Waals surface area contributed by atoms with Crippen LogP contribution in [0.1, 0.15) is 58.8 Å². The van der Waals surface area contributed by atoms with E-state index in [-0.39, 0.29) is 5.69 Å². The fraction of sp³-hybridized carbons (Fsp3) is 0.344. The lowest BCUT2D eigenvalue weighted by molar-refractivity contribution is 0.275. The van der Waals surface area contributed by atoms with E-state index in [2.05, 4.69) is 50.2 Å². The first kappa shape index (κ1) is 31.3. The molecule has 0 aliphatic heterocycles. The maximum absolute atomic E-state index is 14.0. The second-order valence-electron chi connectivity index (χ2n) is 9.93. The second kappa shape index (κ2) is 15.5. The van der Waals surface area contributed by atoms with Crippen molar-refractivity contribution in [3.8, 4) is 28.2 Å². The molecule has 0 atom stereocenters. The highest BCUT2D eigenvalue weighted by Gasteiger charge is 2.23. The summed E-state index contributed by atoms with van der Waals surface area (Å²) in [5.74, 6) is 0.857. The quantitative estimate of drug-likeness (QED) is 0.123. The molecule has 0 aliphatic rings. The molecule has 3 aromatic carbocycles. The third kappa shape index (κ3) is 9.17. The Bertz CT molecular complexity index is 1380. The molecule has 8 heteroatoms. The molecule has 0 saturated carbocycles. The van der Waals surface area contributed by atoms with Crippen molar-refractivity contribution in [3.05, 3.63) is 101 Å². The van der Waals surface area contributed by atoms with Crippen LogP contribution in [0.2, 0.25) is 0 Å². The molecule has 4 rings (SSSR count). The summed E-state index contributed by atoms with van der Waals surface area (Å²) in [6, 6.07) is 30.7. The molecule has 7 nitrogen and oxygen atoms in total. The van der Waals surface area contributed by atoms with Gasteiger partial charge in [0, 0.05) is 17.7 Å². The zero-order chi connectivity index (χ0) is 29.0. The van der Waals surface area contributed by atoms with Crippen LogP contribution in [-0.2, 0) is 11.1 Å². The van der Waals surface area contributed by atoms with Gasteiger partial charge in [0.1, 0.15) is 0 Å². The van der Waals surface area contributed by atoms with Crippen molar-refractivity contribution >= 4 is 7.82 Å². The molecule has 40 heavy (non-hydrogen) atoms. The maximum Gasteiger partial charge on any atom is 0.466 e. The lowest BCUT2D eigenvalue weighted by Gasteiger charge is -2.12. The molecule has 214 valence electrons. The Kier molecular flexibility index (Phi) is 12.2. The van der Waals surface area contributed by atoms with Crippen LogP contribution in [0.25, 0.3) is 28.2 Å². The van der Waals surface area contributed by atoms with E-state index >= 15 is 0 Å². The van der Waals surface area contributed by atoms with Gasteiger partial charge in [0.25, 0.3) is 0 Å². The van der Waals surface area contributed by atoms with Gasteiger partial charge in [-0.25, -0.2) is 9.36 Å². The second-order valence-corrected chi connectivity index (χ2v) is 11.0. The van der Waals surface area contributed by atoms with Crippen molar-refractivity contribution in [3.63, 3.8) is 0 Å². The van der Waals surface area contributed by atoms with Crippen LogP contribution >= 0.6 is 7.82 Å². The molecular weight excluding hydrogens is 523 g/mol. The molecule has 0 bridgehead atoms. The van der Waals surface area contributed by atoms with Crippen molar-refractivity contribution in [2.24, 2.45) is 5.92 Å². The Hall–Kier alpha value is -3.22. The van der Waals surface area contributed by atoms with Crippen LogP contribution < -0.4 is 5.69 Å². The first-order valence-electron chi connectivity index (χ1n) is 14.0. The predicted octanol–water partition coefficient (Wildman–Crippen LogP) is 7.43. The van der Waals surface area contributed by atoms with Gasteiger partial charge in [0.2, 0.25) is 0 Å². The number of rotatable bonds is 12.